The van der Waals surface area contributed by atoms with Gasteiger partial charge in [-0.05, 0) is 43.5 Å². The largest absolute Gasteiger partial charge is 0.506 e. The molecule has 0 saturated heterocycles. The van der Waals surface area contributed by atoms with Crippen LogP contribution in [0.1, 0.15) is 35.7 Å². The number of anilines is 1. The lowest BCUT2D eigenvalue weighted by molar-refractivity contribution is -0.143. The molecular weight excluding hydrogens is 463 g/mol. The first-order chi connectivity index (χ1) is 17.5. The molecule has 0 saturated carbocycles. The summed E-state index contributed by atoms with van der Waals surface area (Å²) in [7, 11) is 0. The molecule has 36 heavy (non-hydrogen) atoms. The van der Waals surface area contributed by atoms with Crippen molar-refractivity contribution in [2.45, 2.75) is 26.2 Å². The van der Waals surface area contributed by atoms with E-state index in [0.29, 0.717) is 30.6 Å². The summed E-state index contributed by atoms with van der Waals surface area (Å²) in [4.78, 5) is 29.2. The second-order valence-corrected chi connectivity index (χ2v) is 7.93. The normalized spacial score (nSPS) is 10.7. The first kappa shape index (κ1) is 24.6. The van der Waals surface area contributed by atoms with Gasteiger partial charge in [0.05, 0.1) is 24.1 Å². The van der Waals surface area contributed by atoms with E-state index >= 15 is 0 Å². The Hall–Kier alpha value is -4.53. The number of rotatable bonds is 9. The van der Waals surface area contributed by atoms with Crippen molar-refractivity contribution in [1.29, 1.82) is 0 Å². The van der Waals surface area contributed by atoms with Crippen LogP contribution in [-0.2, 0) is 16.0 Å². The third-order valence-electron chi connectivity index (χ3n) is 5.46. The molecule has 0 atom stereocenters. The highest BCUT2D eigenvalue weighted by molar-refractivity contribution is 6.07. The summed E-state index contributed by atoms with van der Waals surface area (Å²) in [5, 5.41) is 17.5. The number of para-hydroxylation sites is 1. The lowest BCUT2D eigenvalue weighted by Crippen LogP contribution is -2.17. The Kier molecular flexibility index (Phi) is 7.69. The number of carbonyl (C=O) groups excluding carboxylic acids is 2. The molecular formula is C27H25FN4O4. The van der Waals surface area contributed by atoms with Gasteiger partial charge in [-0.25, -0.2) is 14.1 Å². The number of esters is 1. The van der Waals surface area contributed by atoms with Gasteiger partial charge in [0.25, 0.3) is 5.91 Å². The number of phenols is 1. The number of nitrogens with one attached hydrogen (secondary N) is 1. The number of hydrogen-bond donors (Lipinski definition) is 2. The van der Waals surface area contributed by atoms with E-state index in [9.17, 15) is 19.1 Å². The Bertz CT molecular complexity index is 1370. The number of carbonyl (C=O) groups is 2. The lowest BCUT2D eigenvalue weighted by atomic mass is 10.0. The van der Waals surface area contributed by atoms with Crippen molar-refractivity contribution >= 4 is 17.6 Å². The van der Waals surface area contributed by atoms with Gasteiger partial charge in [-0.3, -0.25) is 9.59 Å². The van der Waals surface area contributed by atoms with Crippen LogP contribution in [0.25, 0.3) is 17.1 Å². The summed E-state index contributed by atoms with van der Waals surface area (Å²) in [5.41, 5.74) is 1.77. The first-order valence-corrected chi connectivity index (χ1v) is 11.5. The number of nitrogens with zero attached hydrogens (tertiary/aromatic N) is 3. The molecule has 0 unspecified atom stereocenters. The maximum atomic E-state index is 14.7. The summed E-state index contributed by atoms with van der Waals surface area (Å²) in [5.74, 6) is -1.38. The Balaban J connectivity index is 1.58. The molecule has 2 N–H and O–H groups in total. The number of hydrogen-bond acceptors (Lipinski definition) is 6. The van der Waals surface area contributed by atoms with Crippen LogP contribution in [0.15, 0.2) is 73.1 Å². The molecule has 2 heterocycles. The summed E-state index contributed by atoms with van der Waals surface area (Å²) < 4.78 is 20.9. The topological polar surface area (TPSA) is 106 Å². The minimum absolute atomic E-state index is 0.112. The molecule has 0 radical (unpaired) electrons. The maximum absolute atomic E-state index is 14.7. The predicted molar refractivity (Wildman–Crippen MR) is 132 cm³/mol. The lowest BCUT2D eigenvalue weighted by Gasteiger charge is -2.14. The fraction of sp³-hybridized carbons (Fsp3) is 0.185. The average molecular weight is 489 g/mol. The van der Waals surface area contributed by atoms with Crippen LogP contribution < -0.4 is 5.32 Å². The van der Waals surface area contributed by atoms with Crippen molar-refractivity contribution in [2.24, 2.45) is 0 Å². The number of aryl methyl sites for hydroxylation is 1. The van der Waals surface area contributed by atoms with Crippen LogP contribution in [-0.4, -0.2) is 38.4 Å². The SMILES string of the molecule is CCOC(=O)CCCc1cccc(O)c1NC(=O)c1cccnc1-n1cc(F)c(-c2ccccc2)n1. The first-order valence-electron chi connectivity index (χ1n) is 11.5. The number of benzene rings is 2. The average Bonchev–Trinajstić information content (AvgIpc) is 3.28. The van der Waals surface area contributed by atoms with E-state index < -0.39 is 11.7 Å². The number of phenolic OH excluding ortho intramolecular Hbond substituents is 1. The van der Waals surface area contributed by atoms with Gasteiger partial charge < -0.3 is 15.2 Å². The van der Waals surface area contributed by atoms with Gasteiger partial charge in [-0.15, -0.1) is 0 Å². The van der Waals surface area contributed by atoms with E-state index in [1.165, 1.54) is 23.1 Å². The van der Waals surface area contributed by atoms with Gasteiger partial charge >= 0.3 is 5.97 Å². The van der Waals surface area contributed by atoms with E-state index in [1.807, 2.05) is 6.07 Å². The van der Waals surface area contributed by atoms with Crippen LogP contribution in [0.3, 0.4) is 0 Å². The maximum Gasteiger partial charge on any atom is 0.305 e. The highest BCUT2D eigenvalue weighted by Gasteiger charge is 2.20. The highest BCUT2D eigenvalue weighted by atomic mass is 19.1. The quantitative estimate of drug-likeness (QED) is 0.256. The van der Waals surface area contributed by atoms with Crippen molar-refractivity contribution in [2.75, 3.05) is 11.9 Å². The molecule has 0 aliphatic rings. The summed E-state index contributed by atoms with van der Waals surface area (Å²) in [6, 6.07) is 16.9. The van der Waals surface area contributed by atoms with Crippen molar-refractivity contribution in [3.05, 3.63) is 90.0 Å². The van der Waals surface area contributed by atoms with Crippen molar-refractivity contribution in [1.82, 2.24) is 14.8 Å². The minimum atomic E-state index is -0.553. The van der Waals surface area contributed by atoms with E-state index in [1.54, 1.807) is 55.5 Å². The molecule has 2 aromatic carbocycles. The molecule has 184 valence electrons. The Morgan fingerprint density at radius 3 is 2.67 bits per heavy atom. The molecule has 8 nitrogen and oxygen atoms in total. The Morgan fingerprint density at radius 2 is 1.89 bits per heavy atom. The number of pyridine rings is 1. The zero-order chi connectivity index (χ0) is 25.5. The van der Waals surface area contributed by atoms with Crippen LogP contribution in [0, 0.1) is 5.82 Å². The minimum Gasteiger partial charge on any atom is -0.506 e. The second kappa shape index (κ2) is 11.3. The second-order valence-electron chi connectivity index (χ2n) is 7.93. The highest BCUT2D eigenvalue weighted by Crippen LogP contribution is 2.30. The van der Waals surface area contributed by atoms with Crippen molar-refractivity contribution < 1.29 is 23.8 Å². The summed E-state index contributed by atoms with van der Waals surface area (Å²) in [6.45, 7) is 2.06. The van der Waals surface area contributed by atoms with E-state index in [0.717, 1.165) is 0 Å². The molecule has 0 bridgehead atoms. The number of aromatic hydroxyl groups is 1. The molecule has 2 aromatic heterocycles. The third-order valence-corrected chi connectivity index (χ3v) is 5.46. The zero-order valence-electron chi connectivity index (χ0n) is 19.6. The fourth-order valence-electron chi connectivity index (χ4n) is 3.79. The molecule has 1 amide bonds. The van der Waals surface area contributed by atoms with Gasteiger partial charge in [0.1, 0.15) is 11.4 Å². The summed E-state index contributed by atoms with van der Waals surface area (Å²) in [6.07, 6.45) is 3.79. The third kappa shape index (κ3) is 5.57. The smallest absolute Gasteiger partial charge is 0.305 e. The van der Waals surface area contributed by atoms with Crippen LogP contribution >= 0.6 is 0 Å². The van der Waals surface area contributed by atoms with Crippen LogP contribution in [0.5, 0.6) is 5.75 Å². The molecule has 4 aromatic rings. The predicted octanol–water partition coefficient (Wildman–Crippen LogP) is 4.92. The number of halogens is 1. The van der Waals surface area contributed by atoms with Gasteiger partial charge in [0, 0.05) is 18.2 Å². The van der Waals surface area contributed by atoms with Crippen LogP contribution in [0.4, 0.5) is 10.1 Å². The molecule has 0 spiro atoms. The van der Waals surface area contributed by atoms with E-state index in [2.05, 4.69) is 15.4 Å². The number of amides is 1. The Morgan fingerprint density at radius 1 is 1.08 bits per heavy atom. The zero-order valence-corrected chi connectivity index (χ0v) is 19.6. The molecule has 4 rings (SSSR count). The van der Waals surface area contributed by atoms with Crippen molar-refractivity contribution in [3.8, 4) is 22.8 Å². The van der Waals surface area contributed by atoms with Crippen molar-refractivity contribution in [3.63, 3.8) is 0 Å². The van der Waals surface area contributed by atoms with Crippen LogP contribution in [0.2, 0.25) is 0 Å². The van der Waals surface area contributed by atoms with Gasteiger partial charge in [0.15, 0.2) is 11.6 Å². The summed E-state index contributed by atoms with van der Waals surface area (Å²) >= 11 is 0. The van der Waals surface area contributed by atoms with Gasteiger partial charge in [-0.2, -0.15) is 5.10 Å². The molecule has 0 fully saturated rings. The number of aromatic nitrogens is 3. The standard InChI is InChI=1S/C27H25FN4O4/c1-2-36-23(34)15-7-12-19-11-6-14-22(33)25(19)30-27(35)20-13-8-16-29-26(20)32-17-21(28)24(31-32)18-9-4-3-5-10-18/h3-6,8-11,13-14,16-17,33H,2,7,12,15H2,1H3,(H,30,35). The number of ether oxygens (including phenoxy) is 1. The van der Waals surface area contributed by atoms with Gasteiger partial charge in [0.2, 0.25) is 0 Å². The monoisotopic (exact) mass is 488 g/mol. The van der Waals surface area contributed by atoms with E-state index in [4.69, 9.17) is 4.74 Å². The molecule has 0 aliphatic carbocycles. The molecule has 0 aliphatic heterocycles. The Labute approximate surface area is 207 Å². The van der Waals surface area contributed by atoms with Gasteiger partial charge in [-0.1, -0.05) is 42.5 Å². The van der Waals surface area contributed by atoms with E-state index in [-0.39, 0.29) is 40.9 Å². The molecule has 9 heteroatoms. The fourth-order valence-corrected chi connectivity index (χ4v) is 3.79.